The molecular formula is C30H37AcNO2. The summed E-state index contributed by atoms with van der Waals surface area (Å²) in [5.74, 6) is 0.375. The first-order valence-corrected chi connectivity index (χ1v) is 12.2. The van der Waals surface area contributed by atoms with E-state index < -0.39 is 0 Å². The first kappa shape index (κ1) is 27.2. The van der Waals surface area contributed by atoms with Crippen LogP contribution in [-0.2, 0) is 17.6 Å². The summed E-state index contributed by atoms with van der Waals surface area (Å²) in [5, 5.41) is 16.0. The van der Waals surface area contributed by atoms with Crippen molar-refractivity contribution >= 4 is 16.7 Å². The number of carbonyl (C=O) groups excluding carboxylic acids is 1. The van der Waals surface area contributed by atoms with Gasteiger partial charge in [-0.2, -0.15) is 0 Å². The van der Waals surface area contributed by atoms with E-state index in [-0.39, 0.29) is 61.3 Å². The number of benzene rings is 3. The van der Waals surface area contributed by atoms with Crippen LogP contribution in [0.15, 0.2) is 36.4 Å². The molecule has 177 valence electrons. The normalized spacial score (nSPS) is 18.2. The number of carbonyl (C=O) groups is 1. The number of hydrogen-bond donors (Lipinski definition) is 2. The molecule has 4 rings (SSSR count). The van der Waals surface area contributed by atoms with Crippen LogP contribution in [-0.4, -0.2) is 17.6 Å². The Kier molecular flexibility index (Phi) is 8.58. The number of fused-ring (bicyclic) bond motifs is 2. The maximum Gasteiger partial charge on any atom is 0.227 e. The van der Waals surface area contributed by atoms with Gasteiger partial charge in [0.1, 0.15) is 5.75 Å². The second-order valence-corrected chi connectivity index (χ2v) is 10.5. The standard InChI is InChI=1S/C30H37NO2.Ac/c1-18-7-8-25-16-23(9-10-24(25)15-18)21(4)29(33)31-14-13-30(6)12-11-26-22(5)28(32)20(3)19(2)27(26)17-30;/h7-10,15-16,21,32H,11-14,17H2,1-6H3,(H,31,33);/t21-,30+;/m0./s1. The van der Waals surface area contributed by atoms with Crippen LogP contribution in [0.2, 0.25) is 0 Å². The van der Waals surface area contributed by atoms with Gasteiger partial charge in [-0.05, 0) is 110 Å². The zero-order valence-corrected chi connectivity index (χ0v) is 26.3. The number of aryl methyl sites for hydroxylation is 1. The van der Waals surface area contributed by atoms with E-state index in [4.69, 9.17) is 0 Å². The number of amides is 1. The van der Waals surface area contributed by atoms with Gasteiger partial charge in [-0.25, -0.2) is 0 Å². The second kappa shape index (κ2) is 10.7. The van der Waals surface area contributed by atoms with Crippen molar-refractivity contribution in [1.29, 1.82) is 0 Å². The number of phenolic OH excluding ortho intramolecular Hbond substituents is 1. The number of rotatable bonds is 5. The van der Waals surface area contributed by atoms with Gasteiger partial charge in [-0.15, -0.1) is 0 Å². The molecule has 1 aliphatic carbocycles. The van der Waals surface area contributed by atoms with Gasteiger partial charge in [0.05, 0.1) is 5.92 Å². The molecule has 0 saturated heterocycles. The fourth-order valence-electron chi connectivity index (χ4n) is 5.46. The Hall–Kier alpha value is -1.37. The SMILES string of the molecule is Cc1ccc2cc([C@H](C)C(=O)NCC[C@@]3(C)CCc4c(C)c(O)c(C)c(C)c4C3)ccc2c1.[Ac]. The quantitative estimate of drug-likeness (QED) is 0.322. The fraction of sp³-hybridized carbons (Fsp3) is 0.433. The molecule has 0 saturated carbocycles. The molecule has 0 aliphatic heterocycles. The maximum absolute atomic E-state index is 12.9. The molecule has 34 heavy (non-hydrogen) atoms. The summed E-state index contributed by atoms with van der Waals surface area (Å²) in [6.07, 6.45) is 4.04. The number of nitrogens with one attached hydrogen (secondary N) is 1. The molecule has 0 unspecified atom stereocenters. The van der Waals surface area contributed by atoms with Crippen LogP contribution in [0.4, 0.5) is 0 Å². The number of phenols is 1. The summed E-state index contributed by atoms with van der Waals surface area (Å²) >= 11 is 0. The minimum absolute atomic E-state index is 0. The van der Waals surface area contributed by atoms with Crippen LogP contribution in [0.3, 0.4) is 0 Å². The fourth-order valence-corrected chi connectivity index (χ4v) is 5.46. The molecule has 3 aromatic carbocycles. The van der Waals surface area contributed by atoms with Crippen molar-refractivity contribution in [2.24, 2.45) is 5.41 Å². The Labute approximate surface area is 240 Å². The molecule has 0 bridgehead atoms. The molecule has 3 nitrogen and oxygen atoms in total. The predicted octanol–water partition coefficient (Wildman–Crippen LogP) is 6.58. The minimum atomic E-state index is -0.175. The van der Waals surface area contributed by atoms with Crippen molar-refractivity contribution in [3.05, 3.63) is 75.3 Å². The van der Waals surface area contributed by atoms with Crippen molar-refractivity contribution in [3.63, 3.8) is 0 Å². The maximum atomic E-state index is 12.9. The van der Waals surface area contributed by atoms with Crippen molar-refractivity contribution in [2.75, 3.05) is 6.54 Å². The first-order valence-electron chi connectivity index (χ1n) is 12.2. The van der Waals surface area contributed by atoms with E-state index in [2.05, 4.69) is 62.5 Å². The third kappa shape index (κ3) is 5.39. The van der Waals surface area contributed by atoms with Gasteiger partial charge in [0.2, 0.25) is 5.91 Å². The van der Waals surface area contributed by atoms with Crippen molar-refractivity contribution in [3.8, 4) is 5.75 Å². The summed E-state index contributed by atoms with van der Waals surface area (Å²) in [5.41, 5.74) is 8.47. The molecule has 1 radical (unpaired) electrons. The summed E-state index contributed by atoms with van der Waals surface area (Å²) in [7, 11) is 0. The van der Waals surface area contributed by atoms with Crippen molar-refractivity contribution in [1.82, 2.24) is 5.32 Å². The van der Waals surface area contributed by atoms with E-state index in [1.807, 2.05) is 20.8 Å². The summed E-state index contributed by atoms with van der Waals surface area (Å²) in [6, 6.07) is 12.8. The molecule has 0 spiro atoms. The Morgan fingerprint density at radius 1 is 1.00 bits per heavy atom. The Morgan fingerprint density at radius 3 is 2.41 bits per heavy atom. The summed E-state index contributed by atoms with van der Waals surface area (Å²) in [6.45, 7) is 13.3. The van der Waals surface area contributed by atoms with Crippen LogP contribution < -0.4 is 5.32 Å². The van der Waals surface area contributed by atoms with E-state index in [1.54, 1.807) is 0 Å². The molecule has 0 heterocycles. The van der Waals surface area contributed by atoms with E-state index in [0.29, 0.717) is 12.3 Å². The van der Waals surface area contributed by atoms with E-state index in [1.165, 1.54) is 33.0 Å². The van der Waals surface area contributed by atoms with E-state index in [0.717, 1.165) is 42.4 Å². The third-order valence-corrected chi connectivity index (χ3v) is 8.07. The molecule has 3 aromatic rings. The molecule has 1 aliphatic rings. The zero-order valence-electron chi connectivity index (χ0n) is 21.5. The van der Waals surface area contributed by atoms with E-state index >= 15 is 0 Å². The Morgan fingerprint density at radius 2 is 1.68 bits per heavy atom. The molecular weight excluding hydrogens is 633 g/mol. The summed E-state index contributed by atoms with van der Waals surface area (Å²) in [4.78, 5) is 12.9. The molecule has 0 aromatic heterocycles. The van der Waals surface area contributed by atoms with Crippen molar-refractivity contribution in [2.45, 2.75) is 73.1 Å². The molecule has 0 fully saturated rings. The topological polar surface area (TPSA) is 49.3 Å². The summed E-state index contributed by atoms with van der Waals surface area (Å²) < 4.78 is 0. The van der Waals surface area contributed by atoms with Gasteiger partial charge >= 0.3 is 0 Å². The van der Waals surface area contributed by atoms with Crippen LogP contribution in [0.25, 0.3) is 10.8 Å². The first-order chi connectivity index (χ1) is 15.6. The molecule has 2 atom stereocenters. The van der Waals surface area contributed by atoms with Gasteiger partial charge in [-0.1, -0.05) is 48.9 Å². The van der Waals surface area contributed by atoms with Gasteiger partial charge in [0, 0.05) is 50.6 Å². The molecule has 2 N–H and O–H groups in total. The monoisotopic (exact) mass is 670 g/mol. The molecule has 1 amide bonds. The predicted molar refractivity (Wildman–Crippen MR) is 137 cm³/mol. The van der Waals surface area contributed by atoms with Crippen molar-refractivity contribution < 1.29 is 54.0 Å². The largest absolute Gasteiger partial charge is 0.507 e. The Balaban J connectivity index is 0.00000324. The number of aromatic hydroxyl groups is 1. The van der Waals surface area contributed by atoms with Crippen LogP contribution >= 0.6 is 0 Å². The average Bonchev–Trinajstić information content (AvgIpc) is 2.80. The Bertz CT molecular complexity index is 1230. The van der Waals surface area contributed by atoms with E-state index in [9.17, 15) is 9.90 Å². The minimum Gasteiger partial charge on any atom is -0.507 e. The average molecular weight is 671 g/mol. The van der Waals surface area contributed by atoms with Gasteiger partial charge in [-0.3, -0.25) is 4.79 Å². The van der Waals surface area contributed by atoms with Gasteiger partial charge < -0.3 is 10.4 Å². The third-order valence-electron chi connectivity index (χ3n) is 8.07. The second-order valence-electron chi connectivity index (χ2n) is 10.5. The van der Waals surface area contributed by atoms with Gasteiger partial charge in [0.15, 0.2) is 0 Å². The van der Waals surface area contributed by atoms with Gasteiger partial charge in [0.25, 0.3) is 0 Å². The van der Waals surface area contributed by atoms with Crippen LogP contribution in [0.1, 0.15) is 71.6 Å². The molecule has 4 heteroatoms. The zero-order chi connectivity index (χ0) is 23.9. The van der Waals surface area contributed by atoms with Crippen LogP contribution in [0, 0.1) is 77.2 Å². The smallest absolute Gasteiger partial charge is 0.227 e. The van der Waals surface area contributed by atoms with Crippen LogP contribution in [0.5, 0.6) is 5.75 Å². The number of hydrogen-bond acceptors (Lipinski definition) is 2.